The molecule has 0 unspecified atom stereocenters. The van der Waals surface area contributed by atoms with Gasteiger partial charge < -0.3 is 20.4 Å². The van der Waals surface area contributed by atoms with E-state index in [1.165, 1.54) is 0 Å². The van der Waals surface area contributed by atoms with E-state index in [-0.39, 0.29) is 31.3 Å². The van der Waals surface area contributed by atoms with Crippen molar-refractivity contribution in [1.82, 2.24) is 10.2 Å². The molecule has 0 aliphatic heterocycles. The monoisotopic (exact) mass is 310 g/mol. The summed E-state index contributed by atoms with van der Waals surface area (Å²) in [5.41, 5.74) is 0. The summed E-state index contributed by atoms with van der Waals surface area (Å²) in [5.74, 6) is -0.954. The second kappa shape index (κ2) is 10.3. The van der Waals surface area contributed by atoms with Gasteiger partial charge in [0, 0.05) is 19.5 Å². The molecule has 0 heterocycles. The standard InChI is InChI=1S/C13H24F2N2O4/c1-9(2)5-10(6-12(19)20)7-16-13(21)17(3-4-18)8-11(14)15/h9-11,18H,3-8H2,1-2H3,(H,16,21)(H,19,20)/t10-/m0/s1. The number of urea groups is 1. The van der Waals surface area contributed by atoms with Crippen LogP contribution in [0.25, 0.3) is 0 Å². The van der Waals surface area contributed by atoms with Gasteiger partial charge in [-0.15, -0.1) is 0 Å². The van der Waals surface area contributed by atoms with Crippen LogP contribution in [0, 0.1) is 11.8 Å². The fourth-order valence-electron chi connectivity index (χ4n) is 2.06. The Morgan fingerprint density at radius 1 is 1.29 bits per heavy atom. The van der Waals surface area contributed by atoms with Crippen molar-refractivity contribution in [2.24, 2.45) is 11.8 Å². The van der Waals surface area contributed by atoms with Crippen molar-refractivity contribution in [2.75, 3.05) is 26.2 Å². The van der Waals surface area contributed by atoms with Gasteiger partial charge in [-0.3, -0.25) is 4.79 Å². The van der Waals surface area contributed by atoms with Crippen LogP contribution < -0.4 is 5.32 Å². The third-order valence-corrected chi connectivity index (χ3v) is 2.83. The van der Waals surface area contributed by atoms with Gasteiger partial charge in [-0.25, -0.2) is 13.6 Å². The summed E-state index contributed by atoms with van der Waals surface area (Å²) in [6, 6.07) is -0.719. The molecule has 0 saturated heterocycles. The van der Waals surface area contributed by atoms with Gasteiger partial charge in [0.1, 0.15) is 0 Å². The van der Waals surface area contributed by atoms with E-state index in [2.05, 4.69) is 5.32 Å². The van der Waals surface area contributed by atoms with Crippen LogP contribution in [-0.2, 0) is 4.79 Å². The van der Waals surface area contributed by atoms with Crippen molar-refractivity contribution in [3.8, 4) is 0 Å². The van der Waals surface area contributed by atoms with E-state index in [0.717, 1.165) is 4.90 Å². The van der Waals surface area contributed by atoms with E-state index in [1.807, 2.05) is 13.8 Å². The highest BCUT2D eigenvalue weighted by Gasteiger charge is 2.20. The number of carbonyl (C=O) groups is 2. The number of carboxylic acids is 1. The quantitative estimate of drug-likeness (QED) is 0.569. The molecule has 0 fully saturated rings. The van der Waals surface area contributed by atoms with Crippen molar-refractivity contribution in [1.29, 1.82) is 0 Å². The number of aliphatic carboxylic acids is 1. The fraction of sp³-hybridized carbons (Fsp3) is 0.846. The van der Waals surface area contributed by atoms with Crippen LogP contribution in [0.15, 0.2) is 0 Å². The predicted molar refractivity (Wildman–Crippen MR) is 73.3 cm³/mol. The maximum atomic E-state index is 12.3. The number of amides is 2. The highest BCUT2D eigenvalue weighted by Crippen LogP contribution is 2.15. The number of aliphatic hydroxyl groups is 1. The number of nitrogens with one attached hydrogen (secondary N) is 1. The molecule has 21 heavy (non-hydrogen) atoms. The first-order valence-corrected chi connectivity index (χ1v) is 6.89. The van der Waals surface area contributed by atoms with Gasteiger partial charge >= 0.3 is 12.0 Å². The molecule has 0 spiro atoms. The highest BCUT2D eigenvalue weighted by molar-refractivity contribution is 5.74. The molecule has 8 heteroatoms. The number of hydrogen-bond donors (Lipinski definition) is 3. The van der Waals surface area contributed by atoms with E-state index < -0.39 is 31.6 Å². The molecule has 0 radical (unpaired) electrons. The number of rotatable bonds is 10. The molecule has 3 N–H and O–H groups in total. The van der Waals surface area contributed by atoms with Gasteiger partial charge in [0.2, 0.25) is 0 Å². The number of carboxylic acid groups (broad SMARTS) is 1. The van der Waals surface area contributed by atoms with Crippen LogP contribution in [0.2, 0.25) is 0 Å². The Morgan fingerprint density at radius 3 is 2.33 bits per heavy atom. The minimum Gasteiger partial charge on any atom is -0.481 e. The number of hydrogen-bond acceptors (Lipinski definition) is 3. The van der Waals surface area contributed by atoms with Gasteiger partial charge in [-0.05, 0) is 18.3 Å². The van der Waals surface area contributed by atoms with E-state index in [4.69, 9.17) is 10.2 Å². The summed E-state index contributed by atoms with van der Waals surface area (Å²) in [4.78, 5) is 23.3. The third kappa shape index (κ3) is 10.0. The minimum atomic E-state index is -2.69. The first-order valence-electron chi connectivity index (χ1n) is 6.89. The molecule has 0 bridgehead atoms. The van der Waals surface area contributed by atoms with Crippen molar-refractivity contribution in [3.05, 3.63) is 0 Å². The first kappa shape index (κ1) is 19.6. The van der Waals surface area contributed by atoms with Crippen molar-refractivity contribution in [3.63, 3.8) is 0 Å². The lowest BCUT2D eigenvalue weighted by molar-refractivity contribution is -0.138. The summed E-state index contributed by atoms with van der Waals surface area (Å²) in [7, 11) is 0. The summed E-state index contributed by atoms with van der Waals surface area (Å²) >= 11 is 0. The molecule has 1 atom stereocenters. The van der Waals surface area contributed by atoms with E-state index >= 15 is 0 Å². The molecule has 6 nitrogen and oxygen atoms in total. The largest absolute Gasteiger partial charge is 0.481 e. The van der Waals surface area contributed by atoms with Crippen molar-refractivity contribution < 1.29 is 28.6 Å². The molecular weight excluding hydrogens is 286 g/mol. The van der Waals surface area contributed by atoms with Crippen LogP contribution in [-0.4, -0.2) is 59.8 Å². The molecule has 0 rings (SSSR count). The van der Waals surface area contributed by atoms with Crippen LogP contribution in [0.4, 0.5) is 13.6 Å². The summed E-state index contributed by atoms with van der Waals surface area (Å²) < 4.78 is 24.7. The Hall–Kier alpha value is -1.44. The van der Waals surface area contributed by atoms with Crippen LogP contribution >= 0.6 is 0 Å². The average Bonchev–Trinajstić information content (AvgIpc) is 2.33. The zero-order valence-electron chi connectivity index (χ0n) is 12.4. The van der Waals surface area contributed by atoms with Crippen LogP contribution in [0.3, 0.4) is 0 Å². The molecule has 0 saturated carbocycles. The predicted octanol–water partition coefficient (Wildman–Crippen LogP) is 1.39. The van der Waals surface area contributed by atoms with Gasteiger partial charge in [0.05, 0.1) is 13.2 Å². The average molecular weight is 310 g/mol. The van der Waals surface area contributed by atoms with Crippen molar-refractivity contribution >= 4 is 12.0 Å². The van der Waals surface area contributed by atoms with E-state index in [0.29, 0.717) is 6.42 Å². The maximum Gasteiger partial charge on any atom is 0.317 e. The summed E-state index contributed by atoms with van der Waals surface area (Å²) in [6.45, 7) is 2.61. The molecule has 0 aromatic carbocycles. The Balaban J connectivity index is 4.45. The fourth-order valence-corrected chi connectivity index (χ4v) is 2.06. The van der Waals surface area contributed by atoms with Gasteiger partial charge in [0.25, 0.3) is 6.43 Å². The molecule has 0 aliphatic rings. The Labute approximate surface area is 123 Å². The van der Waals surface area contributed by atoms with Crippen LogP contribution in [0.5, 0.6) is 0 Å². The normalized spacial score (nSPS) is 12.5. The van der Waals surface area contributed by atoms with Crippen LogP contribution in [0.1, 0.15) is 26.7 Å². The molecule has 2 amide bonds. The second-order valence-corrected chi connectivity index (χ2v) is 5.34. The second-order valence-electron chi connectivity index (χ2n) is 5.34. The highest BCUT2D eigenvalue weighted by atomic mass is 19.3. The smallest absolute Gasteiger partial charge is 0.317 e. The number of halogens is 2. The molecule has 0 aromatic rings. The number of nitrogens with zero attached hydrogens (tertiary/aromatic N) is 1. The SMILES string of the molecule is CC(C)C[C@H](CNC(=O)N(CCO)CC(F)F)CC(=O)O. The third-order valence-electron chi connectivity index (χ3n) is 2.83. The summed E-state index contributed by atoms with van der Waals surface area (Å²) in [5, 5.41) is 20.1. The molecule has 0 aromatic heterocycles. The first-order chi connectivity index (χ1) is 9.76. The van der Waals surface area contributed by atoms with E-state index in [1.54, 1.807) is 0 Å². The maximum absolute atomic E-state index is 12.3. The van der Waals surface area contributed by atoms with Crippen molar-refractivity contribution in [2.45, 2.75) is 33.1 Å². The zero-order valence-corrected chi connectivity index (χ0v) is 12.4. The molecule has 124 valence electrons. The Kier molecular flexibility index (Phi) is 9.60. The molecular formula is C13H24F2N2O4. The number of aliphatic hydroxyl groups excluding tert-OH is 1. The van der Waals surface area contributed by atoms with Gasteiger partial charge in [-0.2, -0.15) is 0 Å². The minimum absolute atomic E-state index is 0.0900. The number of alkyl halides is 2. The van der Waals surface area contributed by atoms with E-state index in [9.17, 15) is 18.4 Å². The Morgan fingerprint density at radius 2 is 1.90 bits per heavy atom. The van der Waals surface area contributed by atoms with Gasteiger partial charge in [-0.1, -0.05) is 13.8 Å². The Bertz CT molecular complexity index is 327. The number of carbonyl (C=O) groups excluding carboxylic acids is 1. The lowest BCUT2D eigenvalue weighted by Gasteiger charge is -2.24. The topological polar surface area (TPSA) is 89.9 Å². The molecule has 0 aliphatic carbocycles. The lowest BCUT2D eigenvalue weighted by Crippen LogP contribution is -2.45. The zero-order chi connectivity index (χ0) is 16.4. The van der Waals surface area contributed by atoms with Gasteiger partial charge in [0.15, 0.2) is 0 Å². The lowest BCUT2D eigenvalue weighted by atomic mass is 9.94. The summed E-state index contributed by atoms with van der Waals surface area (Å²) in [6.07, 6.45) is -2.16.